The average molecular weight is 262 g/mol. The Morgan fingerprint density at radius 1 is 1.39 bits per heavy atom. The zero-order valence-corrected chi connectivity index (χ0v) is 11.9. The number of piperidine rings is 1. The summed E-state index contributed by atoms with van der Waals surface area (Å²) in [6.45, 7) is 6.34. The smallest absolute Gasteiger partial charge is 0.0772 e. The van der Waals surface area contributed by atoms with E-state index in [4.69, 9.17) is 5.73 Å². The Balaban J connectivity index is 1.85. The summed E-state index contributed by atoms with van der Waals surface area (Å²) in [4.78, 5) is 5.13. The number of nitrogens with two attached hydrogens (primary N) is 1. The summed E-state index contributed by atoms with van der Waals surface area (Å²) in [6, 6.07) is 4.32. The van der Waals surface area contributed by atoms with Gasteiger partial charge in [0.25, 0.3) is 0 Å². The lowest BCUT2D eigenvalue weighted by Gasteiger charge is -2.31. The van der Waals surface area contributed by atoms with Crippen LogP contribution < -0.4 is 5.73 Å². The van der Waals surface area contributed by atoms with E-state index < -0.39 is 0 Å². The molecule has 0 radical (unpaired) electrons. The van der Waals surface area contributed by atoms with E-state index in [1.165, 1.54) is 37.2 Å². The quantitative estimate of drug-likeness (QED) is 0.849. The van der Waals surface area contributed by atoms with Crippen LogP contribution in [0.5, 0.6) is 0 Å². The SMILES string of the molecule is CCC1CCN(Cc2ccc(C#CCN)s2)CC1. The van der Waals surface area contributed by atoms with Gasteiger partial charge in [-0.3, -0.25) is 4.90 Å². The summed E-state index contributed by atoms with van der Waals surface area (Å²) in [5, 5.41) is 0. The van der Waals surface area contributed by atoms with Crippen molar-refractivity contribution < 1.29 is 0 Å². The maximum Gasteiger partial charge on any atom is 0.0772 e. The fourth-order valence-corrected chi connectivity index (χ4v) is 3.37. The third kappa shape index (κ3) is 3.84. The Labute approximate surface area is 114 Å². The van der Waals surface area contributed by atoms with Crippen LogP contribution >= 0.6 is 11.3 Å². The highest BCUT2D eigenvalue weighted by Crippen LogP contribution is 2.23. The molecule has 0 spiro atoms. The normalized spacial score (nSPS) is 17.4. The molecule has 2 nitrogen and oxygen atoms in total. The van der Waals surface area contributed by atoms with Crippen LogP contribution in [0.25, 0.3) is 0 Å². The van der Waals surface area contributed by atoms with Crippen molar-refractivity contribution in [3.05, 3.63) is 21.9 Å². The maximum absolute atomic E-state index is 5.38. The van der Waals surface area contributed by atoms with Gasteiger partial charge >= 0.3 is 0 Å². The fourth-order valence-electron chi connectivity index (χ4n) is 2.44. The topological polar surface area (TPSA) is 29.3 Å². The molecule has 0 amide bonds. The van der Waals surface area contributed by atoms with E-state index in [0.717, 1.165) is 17.3 Å². The van der Waals surface area contributed by atoms with Crippen molar-refractivity contribution >= 4 is 11.3 Å². The number of likely N-dealkylation sites (tertiary alicyclic amines) is 1. The van der Waals surface area contributed by atoms with Crippen LogP contribution in [0.4, 0.5) is 0 Å². The highest BCUT2D eigenvalue weighted by atomic mass is 32.1. The molecule has 0 atom stereocenters. The van der Waals surface area contributed by atoms with Gasteiger partial charge in [0.15, 0.2) is 0 Å². The molecule has 1 saturated heterocycles. The Morgan fingerprint density at radius 3 is 2.83 bits per heavy atom. The van der Waals surface area contributed by atoms with E-state index in [9.17, 15) is 0 Å². The van der Waals surface area contributed by atoms with Crippen LogP contribution in [0.3, 0.4) is 0 Å². The Kier molecular flexibility index (Phi) is 5.25. The van der Waals surface area contributed by atoms with Crippen molar-refractivity contribution in [2.75, 3.05) is 19.6 Å². The molecular weight excluding hydrogens is 240 g/mol. The van der Waals surface area contributed by atoms with Crippen LogP contribution in [0.1, 0.15) is 35.9 Å². The van der Waals surface area contributed by atoms with E-state index in [1.54, 1.807) is 11.3 Å². The molecule has 1 fully saturated rings. The number of thiophene rings is 1. The third-order valence-electron chi connectivity index (χ3n) is 3.64. The first-order valence-electron chi connectivity index (χ1n) is 6.81. The molecule has 2 N–H and O–H groups in total. The molecule has 0 aliphatic carbocycles. The molecule has 0 bridgehead atoms. The summed E-state index contributed by atoms with van der Waals surface area (Å²) in [6.07, 6.45) is 4.06. The fraction of sp³-hybridized carbons (Fsp3) is 0.600. The van der Waals surface area contributed by atoms with Crippen LogP contribution in [0, 0.1) is 17.8 Å². The van der Waals surface area contributed by atoms with Gasteiger partial charge in [0.05, 0.1) is 11.4 Å². The van der Waals surface area contributed by atoms with Crippen LogP contribution in [0.2, 0.25) is 0 Å². The van der Waals surface area contributed by atoms with Crippen molar-refractivity contribution in [3.8, 4) is 11.8 Å². The van der Waals surface area contributed by atoms with Crippen molar-refractivity contribution in [2.45, 2.75) is 32.7 Å². The zero-order valence-electron chi connectivity index (χ0n) is 11.1. The molecule has 1 aliphatic heterocycles. The molecule has 1 aromatic rings. The monoisotopic (exact) mass is 262 g/mol. The second-order valence-corrected chi connectivity index (χ2v) is 6.07. The van der Waals surface area contributed by atoms with Gasteiger partial charge in [0.1, 0.15) is 0 Å². The molecule has 1 aromatic heterocycles. The van der Waals surface area contributed by atoms with E-state index in [0.29, 0.717) is 6.54 Å². The number of nitrogens with zero attached hydrogens (tertiary/aromatic N) is 1. The molecule has 18 heavy (non-hydrogen) atoms. The molecule has 0 unspecified atom stereocenters. The first-order chi connectivity index (χ1) is 8.81. The Bertz CT molecular complexity index is 419. The minimum absolute atomic E-state index is 0.442. The molecule has 2 rings (SSSR count). The first-order valence-corrected chi connectivity index (χ1v) is 7.63. The van der Waals surface area contributed by atoms with Gasteiger partial charge < -0.3 is 5.73 Å². The summed E-state index contributed by atoms with van der Waals surface area (Å²) in [5.41, 5.74) is 5.38. The lowest BCUT2D eigenvalue weighted by molar-refractivity contribution is 0.176. The van der Waals surface area contributed by atoms with Gasteiger partial charge in [-0.1, -0.05) is 25.2 Å². The molecule has 0 saturated carbocycles. The second-order valence-electron chi connectivity index (χ2n) is 4.90. The second kappa shape index (κ2) is 6.94. The molecule has 1 aliphatic rings. The molecule has 98 valence electrons. The lowest BCUT2D eigenvalue weighted by Crippen LogP contribution is -2.32. The van der Waals surface area contributed by atoms with Gasteiger partial charge in [0.2, 0.25) is 0 Å². The van der Waals surface area contributed by atoms with E-state index in [-0.39, 0.29) is 0 Å². The standard InChI is InChI=1S/C15H22N2S/c1-2-13-7-10-17(11-8-13)12-15-6-5-14(18-15)4-3-9-16/h5-6,13H,2,7-12,16H2,1H3. The van der Waals surface area contributed by atoms with Crippen LogP contribution in [-0.2, 0) is 6.54 Å². The predicted octanol–water partition coefficient (Wildman–Crippen LogP) is 2.68. The van der Waals surface area contributed by atoms with Crippen molar-refractivity contribution in [1.29, 1.82) is 0 Å². The summed E-state index contributed by atoms with van der Waals surface area (Å²) in [5.74, 6) is 6.97. The number of hydrogen-bond donors (Lipinski definition) is 1. The highest BCUT2D eigenvalue weighted by Gasteiger charge is 2.17. The molecule has 2 heterocycles. The van der Waals surface area contributed by atoms with Crippen LogP contribution in [-0.4, -0.2) is 24.5 Å². The highest BCUT2D eigenvalue weighted by molar-refractivity contribution is 7.12. The molecule has 3 heteroatoms. The minimum atomic E-state index is 0.442. The lowest BCUT2D eigenvalue weighted by atomic mass is 9.94. The Morgan fingerprint density at radius 2 is 2.17 bits per heavy atom. The summed E-state index contributed by atoms with van der Waals surface area (Å²) >= 11 is 1.80. The minimum Gasteiger partial charge on any atom is -0.320 e. The van der Waals surface area contributed by atoms with Gasteiger partial charge in [-0.25, -0.2) is 0 Å². The predicted molar refractivity (Wildman–Crippen MR) is 78.5 cm³/mol. The van der Waals surface area contributed by atoms with E-state index >= 15 is 0 Å². The van der Waals surface area contributed by atoms with Crippen molar-refractivity contribution in [2.24, 2.45) is 11.7 Å². The average Bonchev–Trinajstić information content (AvgIpc) is 2.85. The van der Waals surface area contributed by atoms with Gasteiger partial charge in [-0.05, 0) is 44.0 Å². The maximum atomic E-state index is 5.38. The zero-order chi connectivity index (χ0) is 12.8. The number of hydrogen-bond acceptors (Lipinski definition) is 3. The largest absolute Gasteiger partial charge is 0.320 e. The first kappa shape index (κ1) is 13.6. The van der Waals surface area contributed by atoms with Crippen molar-refractivity contribution in [3.63, 3.8) is 0 Å². The third-order valence-corrected chi connectivity index (χ3v) is 4.62. The molecule has 0 aromatic carbocycles. The molecular formula is C15H22N2S. The van der Waals surface area contributed by atoms with Crippen LogP contribution in [0.15, 0.2) is 12.1 Å². The van der Waals surface area contributed by atoms with Gasteiger partial charge in [-0.2, -0.15) is 0 Å². The number of rotatable bonds is 3. The van der Waals surface area contributed by atoms with Gasteiger partial charge in [0, 0.05) is 11.4 Å². The Hall–Kier alpha value is -0.820. The van der Waals surface area contributed by atoms with Gasteiger partial charge in [-0.15, -0.1) is 11.3 Å². The van der Waals surface area contributed by atoms with E-state index in [2.05, 4.69) is 35.8 Å². The summed E-state index contributed by atoms with van der Waals surface area (Å²) < 4.78 is 0. The van der Waals surface area contributed by atoms with Crippen molar-refractivity contribution in [1.82, 2.24) is 4.90 Å². The summed E-state index contributed by atoms with van der Waals surface area (Å²) in [7, 11) is 0. The van der Waals surface area contributed by atoms with E-state index in [1.807, 2.05) is 0 Å².